The molecule has 0 N–H and O–H groups in total. The van der Waals surface area contributed by atoms with Gasteiger partial charge in [0.1, 0.15) is 0 Å². The minimum atomic E-state index is -3.27. The number of benzene rings is 1. The summed E-state index contributed by atoms with van der Waals surface area (Å²) in [6.45, 7) is 0. The van der Waals surface area contributed by atoms with Crippen LogP contribution in [0.5, 0.6) is 0 Å². The molecule has 2 aromatic rings. The molecule has 0 radical (unpaired) electrons. The Balaban J connectivity index is 2.65. The van der Waals surface area contributed by atoms with Crippen molar-refractivity contribution in [3.05, 3.63) is 42.2 Å². The molecule has 0 aliphatic rings. The number of hydrogen-bond donors (Lipinski definition) is 0. The van der Waals surface area contributed by atoms with E-state index in [2.05, 4.69) is 16.2 Å². The molecule has 0 bridgehead atoms. The molecule has 1 heterocycles. The van der Waals surface area contributed by atoms with Crippen molar-refractivity contribution in [2.75, 3.05) is 6.26 Å². The van der Waals surface area contributed by atoms with Gasteiger partial charge >= 0.3 is 0 Å². The maximum Gasteiger partial charge on any atom is 0.214 e. The van der Waals surface area contributed by atoms with Crippen molar-refractivity contribution in [2.24, 2.45) is 0 Å². The van der Waals surface area contributed by atoms with Crippen molar-refractivity contribution in [3.8, 4) is 11.2 Å². The molecular formula is C12H9NO2S. The lowest BCUT2D eigenvalue weighted by atomic mass is 10.1. The van der Waals surface area contributed by atoms with E-state index in [1.54, 1.807) is 18.5 Å². The number of hydrogen-bond acceptors (Lipinski definition) is 3. The summed E-state index contributed by atoms with van der Waals surface area (Å²) >= 11 is 0. The predicted molar refractivity (Wildman–Crippen MR) is 63.5 cm³/mol. The van der Waals surface area contributed by atoms with Gasteiger partial charge < -0.3 is 0 Å². The SMILES string of the molecule is CS(=O)(=O)C#Cc1cccc2cnccc12. The third-order valence-electron chi connectivity index (χ3n) is 2.05. The van der Waals surface area contributed by atoms with Crippen LogP contribution < -0.4 is 0 Å². The number of rotatable bonds is 0. The Morgan fingerprint density at radius 1 is 1.25 bits per heavy atom. The van der Waals surface area contributed by atoms with Gasteiger partial charge in [0.05, 0.1) is 6.26 Å². The number of pyridine rings is 1. The number of nitrogens with zero attached hydrogens (tertiary/aromatic N) is 1. The number of fused-ring (bicyclic) bond motifs is 1. The Kier molecular flexibility index (Phi) is 2.63. The van der Waals surface area contributed by atoms with Crippen molar-refractivity contribution in [1.29, 1.82) is 0 Å². The molecule has 0 fully saturated rings. The van der Waals surface area contributed by atoms with Crippen LogP contribution in [0.4, 0.5) is 0 Å². The van der Waals surface area contributed by atoms with Crippen molar-refractivity contribution >= 4 is 20.6 Å². The summed E-state index contributed by atoms with van der Waals surface area (Å²) < 4.78 is 21.9. The first-order chi connectivity index (χ1) is 7.56. The van der Waals surface area contributed by atoms with E-state index in [1.165, 1.54) is 0 Å². The fourth-order valence-corrected chi connectivity index (χ4v) is 1.67. The molecule has 1 aromatic heterocycles. The molecule has 0 spiro atoms. The zero-order valence-electron chi connectivity index (χ0n) is 8.64. The van der Waals surface area contributed by atoms with Crippen molar-refractivity contribution in [3.63, 3.8) is 0 Å². The summed E-state index contributed by atoms with van der Waals surface area (Å²) in [4.78, 5) is 4.00. The van der Waals surface area contributed by atoms with Crippen LogP contribution in [0.25, 0.3) is 10.8 Å². The Labute approximate surface area is 94.1 Å². The first kappa shape index (κ1) is 10.7. The van der Waals surface area contributed by atoms with Gasteiger partial charge in [0.25, 0.3) is 0 Å². The normalized spacial score (nSPS) is 10.8. The van der Waals surface area contributed by atoms with E-state index in [1.807, 2.05) is 18.2 Å². The van der Waals surface area contributed by atoms with Crippen LogP contribution in [-0.2, 0) is 9.84 Å². The highest BCUT2D eigenvalue weighted by Gasteiger charge is 1.98. The molecule has 0 saturated heterocycles. The second-order valence-electron chi connectivity index (χ2n) is 3.40. The topological polar surface area (TPSA) is 47.0 Å². The summed E-state index contributed by atoms with van der Waals surface area (Å²) in [7, 11) is -3.27. The highest BCUT2D eigenvalue weighted by molar-refractivity contribution is 7.95. The fraction of sp³-hybridized carbons (Fsp3) is 0.0833. The van der Waals surface area contributed by atoms with Gasteiger partial charge in [-0.1, -0.05) is 12.1 Å². The van der Waals surface area contributed by atoms with Gasteiger partial charge in [0.2, 0.25) is 9.84 Å². The third kappa shape index (κ3) is 2.38. The highest BCUT2D eigenvalue weighted by Crippen LogP contribution is 2.16. The van der Waals surface area contributed by atoms with E-state index in [4.69, 9.17) is 0 Å². The van der Waals surface area contributed by atoms with E-state index >= 15 is 0 Å². The molecule has 0 unspecified atom stereocenters. The first-order valence-corrected chi connectivity index (χ1v) is 6.51. The number of aromatic nitrogens is 1. The first-order valence-electron chi connectivity index (χ1n) is 4.62. The quantitative estimate of drug-likeness (QED) is 0.647. The lowest BCUT2D eigenvalue weighted by Gasteiger charge is -1.98. The molecule has 2 rings (SSSR count). The molecule has 0 atom stereocenters. The second-order valence-corrected chi connectivity index (χ2v) is 5.15. The van der Waals surface area contributed by atoms with Crippen LogP contribution in [0, 0.1) is 11.2 Å². The van der Waals surface area contributed by atoms with Crippen LogP contribution in [0.3, 0.4) is 0 Å². The average molecular weight is 231 g/mol. The molecular weight excluding hydrogens is 222 g/mol. The van der Waals surface area contributed by atoms with Crippen LogP contribution in [0.15, 0.2) is 36.7 Å². The molecule has 16 heavy (non-hydrogen) atoms. The summed E-state index contributed by atoms with van der Waals surface area (Å²) in [6.07, 6.45) is 4.47. The van der Waals surface area contributed by atoms with E-state index in [0.717, 1.165) is 17.0 Å². The largest absolute Gasteiger partial charge is 0.264 e. The standard InChI is InChI=1S/C12H9NO2S/c1-16(14,15)8-6-10-3-2-4-11-9-13-7-5-12(10)11/h2-5,7,9H,1H3. The zero-order chi connectivity index (χ0) is 11.6. The number of sulfone groups is 1. The predicted octanol–water partition coefficient (Wildman–Crippen LogP) is 1.59. The summed E-state index contributed by atoms with van der Waals surface area (Å²) in [5.74, 6) is 2.66. The molecule has 3 nitrogen and oxygen atoms in total. The third-order valence-corrected chi connectivity index (χ3v) is 2.52. The van der Waals surface area contributed by atoms with Crippen molar-refractivity contribution in [1.82, 2.24) is 4.98 Å². The molecule has 0 aliphatic heterocycles. The van der Waals surface area contributed by atoms with Gasteiger partial charge in [0.15, 0.2) is 0 Å². The van der Waals surface area contributed by atoms with Gasteiger partial charge in [-0.2, -0.15) is 0 Å². The smallest absolute Gasteiger partial charge is 0.214 e. The summed E-state index contributed by atoms with van der Waals surface area (Å²) in [5.41, 5.74) is 0.699. The lowest BCUT2D eigenvalue weighted by molar-refractivity contribution is 0.611. The van der Waals surface area contributed by atoms with Gasteiger partial charge in [0, 0.05) is 34.0 Å². The van der Waals surface area contributed by atoms with Gasteiger partial charge in [-0.15, -0.1) is 0 Å². The van der Waals surface area contributed by atoms with E-state index in [0.29, 0.717) is 5.56 Å². The van der Waals surface area contributed by atoms with E-state index in [9.17, 15) is 8.42 Å². The maximum absolute atomic E-state index is 11.0. The van der Waals surface area contributed by atoms with Gasteiger partial charge in [-0.3, -0.25) is 4.98 Å². The lowest BCUT2D eigenvalue weighted by Crippen LogP contribution is -1.89. The fourth-order valence-electron chi connectivity index (χ4n) is 1.38. The van der Waals surface area contributed by atoms with Gasteiger partial charge in [-0.25, -0.2) is 8.42 Å². The van der Waals surface area contributed by atoms with Crippen molar-refractivity contribution in [2.45, 2.75) is 0 Å². The molecule has 80 valence electrons. The minimum absolute atomic E-state index is 0.699. The maximum atomic E-state index is 11.0. The molecule has 0 saturated carbocycles. The van der Waals surface area contributed by atoms with Gasteiger partial charge in [-0.05, 0) is 18.1 Å². The van der Waals surface area contributed by atoms with Crippen LogP contribution in [0.2, 0.25) is 0 Å². The molecule has 4 heteroatoms. The Bertz CT molecular complexity index is 688. The Hall–Kier alpha value is -1.86. The highest BCUT2D eigenvalue weighted by atomic mass is 32.2. The van der Waals surface area contributed by atoms with Crippen LogP contribution in [-0.4, -0.2) is 19.7 Å². The average Bonchev–Trinajstić information content (AvgIpc) is 2.25. The molecule has 1 aromatic carbocycles. The minimum Gasteiger partial charge on any atom is -0.264 e. The Morgan fingerprint density at radius 2 is 2.06 bits per heavy atom. The second kappa shape index (κ2) is 3.95. The summed E-state index contributed by atoms with van der Waals surface area (Å²) in [6, 6.07) is 7.35. The monoisotopic (exact) mass is 231 g/mol. The van der Waals surface area contributed by atoms with E-state index < -0.39 is 9.84 Å². The summed E-state index contributed by atoms with van der Waals surface area (Å²) in [5, 5.41) is 4.09. The molecule has 0 aliphatic carbocycles. The zero-order valence-corrected chi connectivity index (χ0v) is 9.45. The molecule has 0 amide bonds. The van der Waals surface area contributed by atoms with Crippen molar-refractivity contribution < 1.29 is 8.42 Å². The van der Waals surface area contributed by atoms with Crippen LogP contribution in [0.1, 0.15) is 5.56 Å². The van der Waals surface area contributed by atoms with E-state index in [-0.39, 0.29) is 0 Å². The Morgan fingerprint density at radius 3 is 2.81 bits per heavy atom. The van der Waals surface area contributed by atoms with Crippen LogP contribution >= 0.6 is 0 Å².